The Kier molecular flexibility index (Phi) is 20.1. The van der Waals surface area contributed by atoms with Crippen LogP contribution in [0.15, 0.2) is 0 Å². The average molecular weight is 340 g/mol. The van der Waals surface area contributed by atoms with Crippen LogP contribution in [0.4, 0.5) is 0 Å². The summed E-state index contributed by atoms with van der Waals surface area (Å²) in [7, 11) is 1.86. The van der Waals surface area contributed by atoms with E-state index in [0.717, 1.165) is 19.4 Å². The summed E-state index contributed by atoms with van der Waals surface area (Å²) in [5.74, 6) is 0. The first-order chi connectivity index (χ1) is 11.8. The number of rotatable bonds is 20. The van der Waals surface area contributed by atoms with Gasteiger partial charge in [0.05, 0.1) is 0 Å². The molecule has 0 aromatic carbocycles. The first-order valence-corrected chi connectivity index (χ1v) is 11.0. The maximum atomic E-state index is 10.4. The largest absolute Gasteiger partial charge is 0.348 e. The zero-order valence-corrected chi connectivity index (χ0v) is 16.9. The van der Waals surface area contributed by atoms with Gasteiger partial charge in [0, 0.05) is 13.6 Å². The quantitative estimate of drug-likeness (QED) is 0.171. The Labute approximate surface area is 152 Å². The Morgan fingerprint density at radius 2 is 0.833 bits per heavy atom. The monoisotopic (exact) mass is 339 g/mol. The predicted molar refractivity (Wildman–Crippen MR) is 107 cm³/mol. The van der Waals surface area contributed by atoms with Crippen LogP contribution < -0.4 is 0 Å². The van der Waals surface area contributed by atoms with E-state index in [1.54, 1.807) is 4.90 Å². The molecule has 0 aromatic rings. The van der Waals surface area contributed by atoms with Crippen molar-refractivity contribution in [3.8, 4) is 0 Å². The van der Waals surface area contributed by atoms with Crippen molar-refractivity contribution >= 4 is 6.41 Å². The van der Waals surface area contributed by atoms with Crippen LogP contribution in [-0.2, 0) is 4.79 Å². The van der Waals surface area contributed by atoms with E-state index in [0.29, 0.717) is 0 Å². The van der Waals surface area contributed by atoms with Gasteiger partial charge in [0.2, 0.25) is 6.41 Å². The zero-order valence-electron chi connectivity index (χ0n) is 16.9. The van der Waals surface area contributed by atoms with Crippen LogP contribution in [0.2, 0.25) is 0 Å². The number of amides is 1. The highest BCUT2D eigenvalue weighted by Crippen LogP contribution is 2.14. The molecule has 0 aromatic heterocycles. The topological polar surface area (TPSA) is 20.3 Å². The fourth-order valence-corrected chi connectivity index (χ4v) is 3.32. The lowest BCUT2D eigenvalue weighted by Gasteiger charge is -2.09. The molecular weight excluding hydrogens is 294 g/mol. The molecule has 0 spiro atoms. The molecule has 144 valence electrons. The highest BCUT2D eigenvalue weighted by Gasteiger charge is 1.96. The normalized spacial score (nSPS) is 10.9. The van der Waals surface area contributed by atoms with Crippen molar-refractivity contribution in [2.75, 3.05) is 13.6 Å². The lowest BCUT2D eigenvalue weighted by atomic mass is 10.0. The molecular formula is C22H45NO. The summed E-state index contributed by atoms with van der Waals surface area (Å²) in [6.07, 6.45) is 26.2. The number of hydrogen-bond acceptors (Lipinski definition) is 1. The van der Waals surface area contributed by atoms with E-state index in [1.165, 1.54) is 109 Å². The third kappa shape index (κ3) is 19.5. The van der Waals surface area contributed by atoms with Crippen molar-refractivity contribution in [1.29, 1.82) is 0 Å². The molecule has 0 aliphatic heterocycles. The molecule has 0 saturated heterocycles. The predicted octanol–water partition coefficient (Wildman–Crippen LogP) is 7.12. The Bertz CT molecular complexity index is 242. The van der Waals surface area contributed by atoms with Gasteiger partial charge in [-0.25, -0.2) is 0 Å². The first kappa shape index (κ1) is 23.5. The van der Waals surface area contributed by atoms with Crippen molar-refractivity contribution in [3.63, 3.8) is 0 Å². The van der Waals surface area contributed by atoms with Gasteiger partial charge in [-0.1, -0.05) is 116 Å². The van der Waals surface area contributed by atoms with Crippen molar-refractivity contribution in [1.82, 2.24) is 4.90 Å². The number of carbonyl (C=O) groups excluding carboxylic acids is 1. The van der Waals surface area contributed by atoms with E-state index < -0.39 is 0 Å². The van der Waals surface area contributed by atoms with Gasteiger partial charge >= 0.3 is 0 Å². The van der Waals surface area contributed by atoms with Crippen molar-refractivity contribution in [2.24, 2.45) is 0 Å². The standard InChI is InChI=1S/C22H45NO/c1-3-4-5-6-7-8-9-10-11-12-13-14-15-16-17-18-19-20-21-23(2)22-24/h22H,3-21H2,1-2H3. The maximum Gasteiger partial charge on any atom is 0.209 e. The number of carbonyl (C=O) groups is 1. The third-order valence-electron chi connectivity index (χ3n) is 5.04. The van der Waals surface area contributed by atoms with Crippen LogP contribution in [0.5, 0.6) is 0 Å². The molecule has 0 bridgehead atoms. The second-order valence-corrected chi connectivity index (χ2v) is 7.60. The highest BCUT2D eigenvalue weighted by atomic mass is 16.1. The molecule has 1 amide bonds. The van der Waals surface area contributed by atoms with Crippen LogP contribution in [0.3, 0.4) is 0 Å². The van der Waals surface area contributed by atoms with E-state index in [-0.39, 0.29) is 0 Å². The van der Waals surface area contributed by atoms with Crippen molar-refractivity contribution in [2.45, 2.75) is 122 Å². The molecule has 0 aliphatic rings. The molecule has 24 heavy (non-hydrogen) atoms. The Morgan fingerprint density at radius 1 is 0.542 bits per heavy atom. The molecule has 2 nitrogen and oxygen atoms in total. The molecule has 2 heteroatoms. The fraction of sp³-hybridized carbons (Fsp3) is 0.955. The minimum atomic E-state index is 0.919. The van der Waals surface area contributed by atoms with Gasteiger partial charge in [-0.15, -0.1) is 0 Å². The first-order valence-electron chi connectivity index (χ1n) is 11.0. The average Bonchev–Trinajstić information content (AvgIpc) is 2.60. The maximum absolute atomic E-state index is 10.4. The summed E-state index contributed by atoms with van der Waals surface area (Å²) in [6, 6.07) is 0. The van der Waals surface area contributed by atoms with E-state index in [4.69, 9.17) is 0 Å². The summed E-state index contributed by atoms with van der Waals surface area (Å²) < 4.78 is 0. The zero-order chi connectivity index (χ0) is 17.7. The van der Waals surface area contributed by atoms with Crippen molar-refractivity contribution in [3.05, 3.63) is 0 Å². The molecule has 0 N–H and O–H groups in total. The van der Waals surface area contributed by atoms with E-state index in [2.05, 4.69) is 6.92 Å². The molecule has 0 atom stereocenters. The highest BCUT2D eigenvalue weighted by molar-refractivity contribution is 5.46. The minimum Gasteiger partial charge on any atom is -0.348 e. The van der Waals surface area contributed by atoms with Crippen molar-refractivity contribution < 1.29 is 4.79 Å². The molecule has 0 radical (unpaired) electrons. The van der Waals surface area contributed by atoms with Gasteiger partial charge in [-0.2, -0.15) is 0 Å². The second-order valence-electron chi connectivity index (χ2n) is 7.60. The summed E-state index contributed by atoms with van der Waals surface area (Å²) >= 11 is 0. The van der Waals surface area contributed by atoms with Crippen LogP contribution in [0, 0.1) is 0 Å². The summed E-state index contributed by atoms with van der Waals surface area (Å²) in [5, 5.41) is 0. The minimum absolute atomic E-state index is 0.919. The van der Waals surface area contributed by atoms with Gasteiger partial charge in [0.15, 0.2) is 0 Å². The third-order valence-corrected chi connectivity index (χ3v) is 5.04. The van der Waals surface area contributed by atoms with E-state index in [9.17, 15) is 4.79 Å². The molecule has 0 unspecified atom stereocenters. The van der Waals surface area contributed by atoms with Gasteiger partial charge in [0.25, 0.3) is 0 Å². The lowest BCUT2D eigenvalue weighted by molar-refractivity contribution is -0.117. The molecule has 0 rings (SSSR count). The number of unbranched alkanes of at least 4 members (excludes halogenated alkanes) is 17. The number of nitrogens with zero attached hydrogens (tertiary/aromatic N) is 1. The SMILES string of the molecule is CCCCCCCCCCCCCCCCCCCCN(C)C=O. The van der Waals surface area contributed by atoms with Crippen LogP contribution in [-0.4, -0.2) is 24.9 Å². The number of hydrogen-bond donors (Lipinski definition) is 0. The molecule has 0 aliphatic carbocycles. The van der Waals surface area contributed by atoms with E-state index in [1.807, 2.05) is 7.05 Å². The second kappa shape index (κ2) is 20.5. The van der Waals surface area contributed by atoms with Crippen LogP contribution in [0.1, 0.15) is 122 Å². The van der Waals surface area contributed by atoms with Crippen LogP contribution >= 0.6 is 0 Å². The molecule has 0 saturated carbocycles. The summed E-state index contributed by atoms with van der Waals surface area (Å²) in [5.41, 5.74) is 0. The van der Waals surface area contributed by atoms with Gasteiger partial charge in [0.1, 0.15) is 0 Å². The summed E-state index contributed by atoms with van der Waals surface area (Å²) in [4.78, 5) is 12.2. The molecule has 0 fully saturated rings. The molecule has 0 heterocycles. The van der Waals surface area contributed by atoms with Gasteiger partial charge < -0.3 is 4.90 Å². The fourth-order valence-electron chi connectivity index (χ4n) is 3.32. The van der Waals surface area contributed by atoms with Crippen LogP contribution in [0.25, 0.3) is 0 Å². The summed E-state index contributed by atoms with van der Waals surface area (Å²) in [6.45, 7) is 3.21. The Balaban J connectivity index is 2.99. The van der Waals surface area contributed by atoms with Gasteiger partial charge in [-0.05, 0) is 6.42 Å². The Morgan fingerprint density at radius 3 is 1.12 bits per heavy atom. The van der Waals surface area contributed by atoms with Gasteiger partial charge in [-0.3, -0.25) is 4.79 Å². The smallest absolute Gasteiger partial charge is 0.209 e. The van der Waals surface area contributed by atoms with E-state index >= 15 is 0 Å². The lowest BCUT2D eigenvalue weighted by Crippen LogP contribution is -2.16. The Hall–Kier alpha value is -0.530.